The van der Waals surface area contributed by atoms with Crippen LogP contribution in [0.25, 0.3) is 0 Å². The van der Waals surface area contributed by atoms with Crippen molar-refractivity contribution in [2.75, 3.05) is 13.2 Å². The maximum atomic E-state index is 11.7. The van der Waals surface area contributed by atoms with Crippen LogP contribution in [-0.4, -0.2) is 52.5 Å². The lowest BCUT2D eigenvalue weighted by Gasteiger charge is -2.28. The summed E-state index contributed by atoms with van der Waals surface area (Å²) in [5.74, 6) is -2.29. The van der Waals surface area contributed by atoms with Crippen molar-refractivity contribution in [1.82, 2.24) is 0 Å². The molecule has 3 N–H and O–H groups in total. The van der Waals surface area contributed by atoms with Crippen molar-refractivity contribution in [3.05, 3.63) is 11.1 Å². The highest BCUT2D eigenvalue weighted by molar-refractivity contribution is 5.94. The number of carbonyl (C=O) groups excluding carboxylic acids is 1. The number of carbonyl (C=O) groups is 1. The van der Waals surface area contributed by atoms with Gasteiger partial charge in [-0.3, -0.25) is 0 Å². The molecule has 0 amide bonds. The van der Waals surface area contributed by atoms with Gasteiger partial charge in [0.15, 0.2) is 5.79 Å². The molecule has 0 fully saturated rings. The first-order chi connectivity index (χ1) is 9.03. The molecule has 1 unspecified atom stereocenters. The second kappa shape index (κ2) is 5.58. The van der Waals surface area contributed by atoms with Crippen LogP contribution >= 0.6 is 0 Å². The minimum absolute atomic E-state index is 0.00593. The van der Waals surface area contributed by atoms with Crippen LogP contribution in [0.2, 0.25) is 0 Å². The van der Waals surface area contributed by atoms with Gasteiger partial charge in [0.2, 0.25) is 0 Å². The lowest BCUT2D eigenvalue weighted by atomic mass is 9.96. The van der Waals surface area contributed by atoms with Crippen molar-refractivity contribution in [3.63, 3.8) is 0 Å². The van der Waals surface area contributed by atoms with Crippen LogP contribution in [0.4, 0.5) is 0 Å². The van der Waals surface area contributed by atoms with E-state index in [4.69, 9.17) is 14.6 Å². The molecule has 0 saturated carbocycles. The van der Waals surface area contributed by atoms with E-state index < -0.39 is 30.6 Å². The first-order valence-corrected chi connectivity index (χ1v) is 6.63. The monoisotopic (exact) mass is 272 g/mol. The van der Waals surface area contributed by atoms with Crippen LogP contribution < -0.4 is 0 Å². The second-order valence-electron chi connectivity index (χ2n) is 5.01. The van der Waals surface area contributed by atoms with Gasteiger partial charge in [-0.05, 0) is 6.42 Å². The molecule has 6 nitrogen and oxygen atoms in total. The molecule has 0 spiro atoms. The molecule has 2 heterocycles. The van der Waals surface area contributed by atoms with Crippen LogP contribution in [0, 0.1) is 0 Å². The standard InChI is InChI=1S/C13H20O6/c1-2-3-4-5-13(17)10-8(7-18-12(10)16)11(19-13)9(15)6-14/h9,11,14-15,17H,2-7H2,1H3/t9-,11-,13?/m1/s1. The second-order valence-corrected chi connectivity index (χ2v) is 5.01. The van der Waals surface area contributed by atoms with Gasteiger partial charge in [-0.2, -0.15) is 0 Å². The Hall–Kier alpha value is -0.950. The molecule has 19 heavy (non-hydrogen) atoms. The number of ether oxygens (including phenoxy) is 2. The van der Waals surface area contributed by atoms with Crippen molar-refractivity contribution in [1.29, 1.82) is 0 Å². The predicted molar refractivity (Wildman–Crippen MR) is 65.0 cm³/mol. The molecule has 6 heteroatoms. The fourth-order valence-corrected chi connectivity index (χ4v) is 2.60. The number of esters is 1. The molecule has 0 aliphatic carbocycles. The van der Waals surface area contributed by atoms with Crippen LogP contribution in [0.3, 0.4) is 0 Å². The zero-order chi connectivity index (χ0) is 14.0. The number of hydrogen-bond donors (Lipinski definition) is 3. The maximum Gasteiger partial charge on any atom is 0.340 e. The summed E-state index contributed by atoms with van der Waals surface area (Å²) in [6, 6.07) is 0. The Balaban J connectivity index is 2.20. The van der Waals surface area contributed by atoms with Gasteiger partial charge < -0.3 is 24.8 Å². The van der Waals surface area contributed by atoms with Gasteiger partial charge in [-0.1, -0.05) is 19.8 Å². The van der Waals surface area contributed by atoms with Gasteiger partial charge in [0, 0.05) is 12.0 Å². The topological polar surface area (TPSA) is 96.2 Å². The summed E-state index contributed by atoms with van der Waals surface area (Å²) in [7, 11) is 0. The van der Waals surface area contributed by atoms with Crippen molar-refractivity contribution in [2.24, 2.45) is 0 Å². The normalized spacial score (nSPS) is 31.6. The van der Waals surface area contributed by atoms with Gasteiger partial charge in [0.25, 0.3) is 0 Å². The highest BCUT2D eigenvalue weighted by Gasteiger charge is 2.53. The smallest absolute Gasteiger partial charge is 0.340 e. The molecule has 0 bridgehead atoms. The SMILES string of the molecule is CCCCCC1(O)O[C@@H]([C@H](O)CO)C2=C1C(=O)OC2. The van der Waals surface area contributed by atoms with E-state index in [-0.39, 0.29) is 18.6 Å². The quantitative estimate of drug-likeness (QED) is 0.460. The summed E-state index contributed by atoms with van der Waals surface area (Å²) in [6.45, 7) is 1.54. The zero-order valence-electron chi connectivity index (χ0n) is 11.0. The lowest BCUT2D eigenvalue weighted by molar-refractivity contribution is -0.210. The maximum absolute atomic E-state index is 11.7. The summed E-state index contributed by atoms with van der Waals surface area (Å²) in [5.41, 5.74) is 0.562. The van der Waals surface area contributed by atoms with Crippen molar-refractivity contribution < 1.29 is 29.6 Å². The zero-order valence-corrected chi connectivity index (χ0v) is 11.0. The molecular weight excluding hydrogens is 252 g/mol. The predicted octanol–water partition coefficient (Wildman–Crippen LogP) is -0.139. The number of aliphatic hydroxyl groups excluding tert-OH is 2. The summed E-state index contributed by atoms with van der Waals surface area (Å²) in [6.07, 6.45) is 0.839. The molecule has 3 atom stereocenters. The molecule has 2 rings (SSSR count). The highest BCUT2D eigenvalue weighted by atomic mass is 16.7. The molecule has 0 aromatic carbocycles. The highest BCUT2D eigenvalue weighted by Crippen LogP contribution is 2.42. The van der Waals surface area contributed by atoms with Crippen molar-refractivity contribution in [3.8, 4) is 0 Å². The first-order valence-electron chi connectivity index (χ1n) is 6.63. The van der Waals surface area contributed by atoms with E-state index in [0.29, 0.717) is 12.0 Å². The summed E-state index contributed by atoms with van der Waals surface area (Å²) in [4.78, 5) is 11.7. The third-order valence-corrected chi connectivity index (χ3v) is 3.60. The molecule has 2 aliphatic rings. The summed E-state index contributed by atoms with van der Waals surface area (Å²) >= 11 is 0. The molecule has 0 saturated heterocycles. The fraction of sp³-hybridized carbons (Fsp3) is 0.769. The number of hydrogen-bond acceptors (Lipinski definition) is 6. The van der Waals surface area contributed by atoms with Crippen LogP contribution in [0.1, 0.15) is 32.6 Å². The van der Waals surface area contributed by atoms with E-state index in [0.717, 1.165) is 12.8 Å². The van der Waals surface area contributed by atoms with E-state index >= 15 is 0 Å². The first kappa shape index (κ1) is 14.5. The Kier molecular flexibility index (Phi) is 4.25. The minimum Gasteiger partial charge on any atom is -0.458 e. The fourth-order valence-electron chi connectivity index (χ4n) is 2.60. The Morgan fingerprint density at radius 1 is 1.47 bits per heavy atom. The van der Waals surface area contributed by atoms with Crippen molar-refractivity contribution >= 4 is 5.97 Å². The van der Waals surface area contributed by atoms with Crippen LogP contribution in [0.5, 0.6) is 0 Å². The number of rotatable bonds is 6. The molecule has 108 valence electrons. The summed E-state index contributed by atoms with van der Waals surface area (Å²) in [5, 5.41) is 29.2. The van der Waals surface area contributed by atoms with Gasteiger partial charge in [0.05, 0.1) is 6.61 Å². The third-order valence-electron chi connectivity index (χ3n) is 3.60. The molecule has 0 aromatic heterocycles. The number of cyclic esters (lactones) is 1. The molecule has 2 aliphatic heterocycles. The minimum atomic E-state index is -1.70. The van der Waals surface area contributed by atoms with Gasteiger partial charge >= 0.3 is 5.97 Å². The molecular formula is C13H20O6. The summed E-state index contributed by atoms with van der Waals surface area (Å²) < 4.78 is 10.4. The Morgan fingerprint density at radius 2 is 2.21 bits per heavy atom. The molecule has 0 radical (unpaired) electrons. The average molecular weight is 272 g/mol. The van der Waals surface area contributed by atoms with Crippen molar-refractivity contribution in [2.45, 2.75) is 50.6 Å². The van der Waals surface area contributed by atoms with E-state index in [1.807, 2.05) is 6.92 Å². The largest absolute Gasteiger partial charge is 0.458 e. The van der Waals surface area contributed by atoms with E-state index in [2.05, 4.69) is 0 Å². The Bertz CT molecular complexity index is 391. The average Bonchev–Trinajstić information content (AvgIpc) is 2.90. The van der Waals surface area contributed by atoms with Gasteiger partial charge in [0.1, 0.15) is 24.4 Å². The van der Waals surface area contributed by atoms with Gasteiger partial charge in [-0.25, -0.2) is 4.79 Å². The van der Waals surface area contributed by atoms with E-state index in [1.54, 1.807) is 0 Å². The van der Waals surface area contributed by atoms with E-state index in [1.165, 1.54) is 0 Å². The van der Waals surface area contributed by atoms with Crippen LogP contribution in [-0.2, 0) is 14.3 Å². The number of unbranched alkanes of at least 4 members (excludes halogenated alkanes) is 2. The number of aliphatic hydroxyl groups is 3. The van der Waals surface area contributed by atoms with E-state index in [9.17, 15) is 15.0 Å². The third kappa shape index (κ3) is 2.53. The Labute approximate surface area is 111 Å². The Morgan fingerprint density at radius 3 is 2.84 bits per heavy atom. The lowest BCUT2D eigenvalue weighted by Crippen LogP contribution is -2.40. The molecule has 0 aromatic rings. The van der Waals surface area contributed by atoms with Crippen LogP contribution in [0.15, 0.2) is 11.1 Å². The van der Waals surface area contributed by atoms with Gasteiger partial charge in [-0.15, -0.1) is 0 Å².